The third-order valence-corrected chi connectivity index (χ3v) is 7.73. The third kappa shape index (κ3) is 7.60. The van der Waals surface area contributed by atoms with Crippen molar-refractivity contribution < 1.29 is 29.1 Å². The summed E-state index contributed by atoms with van der Waals surface area (Å²) in [5, 5.41) is 14.1. The van der Waals surface area contributed by atoms with Crippen LogP contribution in [0, 0.1) is 11.8 Å². The number of nitrogens with zero attached hydrogens (tertiary/aromatic N) is 2. The fourth-order valence-electron chi connectivity index (χ4n) is 4.91. The molecule has 1 saturated carbocycles. The molecule has 1 N–H and O–H groups in total. The molecule has 2 amide bonds. The van der Waals surface area contributed by atoms with Gasteiger partial charge in [0.25, 0.3) is 0 Å². The van der Waals surface area contributed by atoms with E-state index in [1.165, 1.54) is 17.0 Å². The molecule has 208 valence electrons. The summed E-state index contributed by atoms with van der Waals surface area (Å²) < 4.78 is 5.49. The number of aromatic carboxylic acids is 1. The van der Waals surface area contributed by atoms with E-state index in [1.807, 2.05) is 6.92 Å². The first-order valence-electron chi connectivity index (χ1n) is 13.5. The van der Waals surface area contributed by atoms with E-state index in [1.54, 1.807) is 37.4 Å². The average Bonchev–Trinajstić information content (AvgIpc) is 3.77. The number of benzene rings is 2. The maximum Gasteiger partial charge on any atom is 0.335 e. The number of hydrogen-bond acceptors (Lipinski definition) is 6. The van der Waals surface area contributed by atoms with E-state index in [2.05, 4.69) is 5.16 Å². The first-order chi connectivity index (χ1) is 18.8. The first kappa shape index (κ1) is 28.6. The van der Waals surface area contributed by atoms with Crippen molar-refractivity contribution in [2.45, 2.75) is 57.8 Å². The number of carboxylic acid groups (broad SMARTS) is 1. The number of likely N-dealkylation sites (tertiary alicyclic amines) is 1. The highest BCUT2D eigenvalue weighted by Crippen LogP contribution is 2.31. The summed E-state index contributed by atoms with van der Waals surface area (Å²) in [5.74, 6) is -0.951. The molecule has 0 aromatic heterocycles. The lowest BCUT2D eigenvalue weighted by Crippen LogP contribution is -2.42. The fraction of sp³-hybridized carbons (Fsp3) is 0.467. The molecule has 2 fully saturated rings. The zero-order valence-electron chi connectivity index (χ0n) is 22.4. The molecule has 2 aromatic rings. The van der Waals surface area contributed by atoms with Crippen molar-refractivity contribution in [2.75, 3.05) is 20.3 Å². The van der Waals surface area contributed by atoms with Crippen LogP contribution in [0.3, 0.4) is 0 Å². The molecule has 0 radical (unpaired) electrons. The van der Waals surface area contributed by atoms with Crippen LogP contribution in [-0.4, -0.2) is 53.8 Å². The Labute approximate surface area is 233 Å². The van der Waals surface area contributed by atoms with Crippen LogP contribution in [0.25, 0.3) is 0 Å². The average molecular weight is 555 g/mol. The van der Waals surface area contributed by atoms with E-state index in [0.717, 1.165) is 24.0 Å². The zero-order valence-corrected chi connectivity index (χ0v) is 23.2. The van der Waals surface area contributed by atoms with Crippen molar-refractivity contribution in [1.29, 1.82) is 0 Å². The summed E-state index contributed by atoms with van der Waals surface area (Å²) in [6, 6.07) is 11.9. The van der Waals surface area contributed by atoms with Gasteiger partial charge < -0.3 is 14.7 Å². The Bertz CT molecular complexity index is 1220. The molecule has 8 nitrogen and oxygen atoms in total. The van der Waals surface area contributed by atoms with Crippen molar-refractivity contribution in [3.8, 4) is 5.75 Å². The molecular weight excluding hydrogens is 520 g/mol. The largest absolute Gasteiger partial charge is 0.496 e. The molecule has 0 spiro atoms. The first-order valence-corrected chi connectivity index (χ1v) is 13.8. The quantitative estimate of drug-likeness (QED) is 0.356. The minimum atomic E-state index is -1.00. The molecule has 2 atom stereocenters. The highest BCUT2D eigenvalue weighted by atomic mass is 35.5. The van der Waals surface area contributed by atoms with Crippen molar-refractivity contribution in [1.82, 2.24) is 4.90 Å². The van der Waals surface area contributed by atoms with Crippen molar-refractivity contribution in [3.63, 3.8) is 0 Å². The maximum absolute atomic E-state index is 13.8. The predicted molar refractivity (Wildman–Crippen MR) is 148 cm³/mol. The van der Waals surface area contributed by atoms with Gasteiger partial charge >= 0.3 is 5.97 Å². The van der Waals surface area contributed by atoms with Gasteiger partial charge in [0.2, 0.25) is 11.8 Å². The lowest BCUT2D eigenvalue weighted by molar-refractivity contribution is -0.146. The van der Waals surface area contributed by atoms with Gasteiger partial charge in [0, 0.05) is 17.4 Å². The molecule has 1 aliphatic carbocycles. The highest BCUT2D eigenvalue weighted by Gasteiger charge is 2.35. The number of ether oxygens (including phenoxy) is 1. The molecule has 1 unspecified atom stereocenters. The number of carbonyl (C=O) groups is 3. The SMILES string of the molecule is CC[C@@H](CC(=O)N1C/C(=N/OCC2CC2)CCC(Cc2cc(Cl)ccc2OC)C1=O)c1ccc(C(=O)O)cc1. The van der Waals surface area contributed by atoms with Crippen LogP contribution in [0.2, 0.25) is 5.02 Å². The van der Waals surface area contributed by atoms with Gasteiger partial charge in [-0.15, -0.1) is 0 Å². The Hall–Kier alpha value is -3.39. The van der Waals surface area contributed by atoms with Gasteiger partial charge in [-0.3, -0.25) is 14.5 Å². The topological polar surface area (TPSA) is 106 Å². The number of oxime groups is 1. The number of amides is 2. The summed E-state index contributed by atoms with van der Waals surface area (Å²) in [6.07, 6.45) is 4.52. The van der Waals surface area contributed by atoms with Gasteiger partial charge in [0.1, 0.15) is 12.4 Å². The van der Waals surface area contributed by atoms with E-state index in [4.69, 9.17) is 21.2 Å². The van der Waals surface area contributed by atoms with Gasteiger partial charge in [0.15, 0.2) is 0 Å². The van der Waals surface area contributed by atoms with Crippen LogP contribution in [0.1, 0.15) is 72.9 Å². The highest BCUT2D eigenvalue weighted by molar-refractivity contribution is 6.30. The summed E-state index contributed by atoms with van der Waals surface area (Å²) in [4.78, 5) is 45.6. The summed E-state index contributed by atoms with van der Waals surface area (Å²) >= 11 is 6.24. The number of carboxylic acids is 1. The Balaban J connectivity index is 1.55. The molecule has 2 aliphatic rings. The smallest absolute Gasteiger partial charge is 0.335 e. The van der Waals surface area contributed by atoms with E-state index >= 15 is 0 Å². The molecule has 1 saturated heterocycles. The zero-order chi connectivity index (χ0) is 27.9. The Morgan fingerprint density at radius 1 is 1.15 bits per heavy atom. The standard InChI is InChI=1S/C30H35ClN2O6/c1-3-20(21-6-8-22(9-7-21)30(36)37)16-28(34)33-17-26(32-39-18-19-4-5-19)12-10-23(29(33)35)14-24-15-25(31)11-13-27(24)38-2/h6-9,11,13,15,19-20,23H,3-5,10,12,14,16-18H2,1-2H3,(H,36,37)/b32-26+/t20-,23?/m0/s1. The van der Waals surface area contributed by atoms with E-state index < -0.39 is 11.9 Å². The molecule has 4 rings (SSSR count). The van der Waals surface area contributed by atoms with Crippen LogP contribution in [-0.2, 0) is 20.8 Å². The van der Waals surface area contributed by atoms with Crippen molar-refractivity contribution in [3.05, 3.63) is 64.2 Å². The number of carbonyl (C=O) groups excluding carboxylic acids is 2. The molecule has 2 aromatic carbocycles. The molecule has 1 heterocycles. The van der Waals surface area contributed by atoms with E-state index in [0.29, 0.717) is 54.7 Å². The van der Waals surface area contributed by atoms with Crippen LogP contribution < -0.4 is 4.74 Å². The second kappa shape index (κ2) is 13.1. The summed E-state index contributed by atoms with van der Waals surface area (Å²) in [5.41, 5.74) is 2.54. The van der Waals surface area contributed by atoms with Crippen LogP contribution in [0.5, 0.6) is 5.75 Å². The van der Waals surface area contributed by atoms with Crippen LogP contribution in [0.4, 0.5) is 0 Å². The van der Waals surface area contributed by atoms with Gasteiger partial charge in [0.05, 0.1) is 24.9 Å². The van der Waals surface area contributed by atoms with Gasteiger partial charge in [-0.2, -0.15) is 0 Å². The van der Waals surface area contributed by atoms with Crippen molar-refractivity contribution in [2.24, 2.45) is 17.0 Å². The number of halogens is 1. The van der Waals surface area contributed by atoms with Gasteiger partial charge in [-0.1, -0.05) is 35.8 Å². The normalized spacial score (nSPS) is 19.5. The molecule has 0 bridgehead atoms. The van der Waals surface area contributed by atoms with Crippen LogP contribution >= 0.6 is 11.6 Å². The minimum Gasteiger partial charge on any atom is -0.496 e. The fourth-order valence-corrected chi connectivity index (χ4v) is 5.10. The summed E-state index contributed by atoms with van der Waals surface area (Å²) in [6.45, 7) is 2.62. The lowest BCUT2D eigenvalue weighted by Gasteiger charge is -2.25. The van der Waals surface area contributed by atoms with Crippen LogP contribution in [0.15, 0.2) is 47.6 Å². The van der Waals surface area contributed by atoms with E-state index in [9.17, 15) is 19.5 Å². The molecule has 1 aliphatic heterocycles. The Morgan fingerprint density at radius 2 is 1.90 bits per heavy atom. The Morgan fingerprint density at radius 3 is 2.54 bits per heavy atom. The summed E-state index contributed by atoms with van der Waals surface area (Å²) in [7, 11) is 1.58. The number of hydrogen-bond donors (Lipinski definition) is 1. The minimum absolute atomic E-state index is 0.0971. The number of methoxy groups -OCH3 is 1. The number of rotatable bonds is 11. The predicted octanol–water partition coefficient (Wildman–Crippen LogP) is 5.72. The van der Waals surface area contributed by atoms with Crippen molar-refractivity contribution >= 4 is 35.1 Å². The lowest BCUT2D eigenvalue weighted by atomic mass is 9.91. The van der Waals surface area contributed by atoms with E-state index in [-0.39, 0.29) is 36.3 Å². The molecule has 9 heteroatoms. The van der Waals surface area contributed by atoms with Gasteiger partial charge in [-0.05, 0) is 91.8 Å². The second-order valence-electron chi connectivity index (χ2n) is 10.3. The second-order valence-corrected chi connectivity index (χ2v) is 10.8. The number of imide groups is 1. The Kier molecular flexibility index (Phi) is 9.62. The third-order valence-electron chi connectivity index (χ3n) is 7.49. The molecule has 39 heavy (non-hydrogen) atoms. The maximum atomic E-state index is 13.8. The molecular formula is C30H35ClN2O6. The van der Waals surface area contributed by atoms with Gasteiger partial charge in [-0.25, -0.2) is 4.79 Å². The monoisotopic (exact) mass is 554 g/mol.